The van der Waals surface area contributed by atoms with Crippen molar-refractivity contribution in [2.75, 3.05) is 111 Å². The van der Waals surface area contributed by atoms with E-state index in [1.807, 2.05) is 42.5 Å². The van der Waals surface area contributed by atoms with Gasteiger partial charge in [0.2, 0.25) is 11.9 Å². The predicted molar refractivity (Wildman–Crippen MR) is 242 cm³/mol. The largest absolute Gasteiger partial charge is 0.494 e. The first-order chi connectivity index (χ1) is 29.0. The number of aromatic nitrogens is 2. The van der Waals surface area contributed by atoms with Gasteiger partial charge in [-0.05, 0) is 107 Å². The first-order valence-electron chi connectivity index (χ1n) is 21.1. The summed E-state index contributed by atoms with van der Waals surface area (Å²) in [5.74, 6) is 1.98. The highest BCUT2D eigenvalue weighted by molar-refractivity contribution is 7.70. The molecule has 318 valence electrons. The predicted octanol–water partition coefficient (Wildman–Crippen LogP) is 6.82. The molecule has 4 aliphatic rings. The van der Waals surface area contributed by atoms with E-state index in [2.05, 4.69) is 69.8 Å². The van der Waals surface area contributed by atoms with Crippen LogP contribution in [0.2, 0.25) is 5.02 Å². The second-order valence-corrected chi connectivity index (χ2v) is 20.2. The van der Waals surface area contributed by atoms with Gasteiger partial charge in [-0.15, -0.1) is 0 Å². The van der Waals surface area contributed by atoms with Crippen molar-refractivity contribution in [2.24, 2.45) is 5.92 Å². The van der Waals surface area contributed by atoms with Gasteiger partial charge in [-0.2, -0.15) is 4.98 Å². The zero-order valence-corrected chi connectivity index (χ0v) is 36.4. The van der Waals surface area contributed by atoms with E-state index in [-0.39, 0.29) is 11.9 Å². The van der Waals surface area contributed by atoms with E-state index >= 15 is 0 Å². The molecule has 0 atom stereocenters. The van der Waals surface area contributed by atoms with Crippen LogP contribution in [0.3, 0.4) is 0 Å². The van der Waals surface area contributed by atoms with Crippen LogP contribution in [0, 0.1) is 5.92 Å². The Bertz CT molecular complexity index is 2200. The number of piperazine rings is 1. The number of rotatable bonds is 12. The van der Waals surface area contributed by atoms with Crippen molar-refractivity contribution >= 4 is 76.2 Å². The molecule has 60 heavy (non-hydrogen) atoms. The Labute approximate surface area is 358 Å². The number of halogens is 1. The molecular weight excluding hydrogens is 799 g/mol. The van der Waals surface area contributed by atoms with E-state index in [9.17, 15) is 14.2 Å². The Morgan fingerprint density at radius 2 is 1.48 bits per heavy atom. The number of piperidine rings is 2. The molecule has 3 amide bonds. The smallest absolute Gasteiger partial charge is 0.328 e. The van der Waals surface area contributed by atoms with Gasteiger partial charge in [-0.1, -0.05) is 23.7 Å². The summed E-state index contributed by atoms with van der Waals surface area (Å²) >= 11 is 6.49. The highest BCUT2D eigenvalue weighted by Gasteiger charge is 2.30. The Balaban J connectivity index is 0.778. The molecule has 3 N–H and O–H groups in total. The van der Waals surface area contributed by atoms with Crippen LogP contribution in [0.4, 0.5) is 45.0 Å². The molecule has 0 saturated carbocycles. The second kappa shape index (κ2) is 18.4. The van der Waals surface area contributed by atoms with E-state index in [0.29, 0.717) is 53.2 Å². The number of carbonyl (C=O) groups excluding carboxylic acids is 2. The highest BCUT2D eigenvalue weighted by Crippen LogP contribution is 2.39. The van der Waals surface area contributed by atoms with Gasteiger partial charge in [0.25, 0.3) is 0 Å². The van der Waals surface area contributed by atoms with E-state index in [4.69, 9.17) is 16.3 Å². The van der Waals surface area contributed by atoms with E-state index < -0.39 is 7.14 Å². The summed E-state index contributed by atoms with van der Waals surface area (Å²) < 4.78 is 18.7. The van der Waals surface area contributed by atoms with Gasteiger partial charge >= 0.3 is 6.03 Å². The standard InChI is InChI=1S/C44H56ClN10O4P/c1-59-39-28-35(12-13-37(39)48-43-46-29-36(45)42(50-43)47-38-6-4-5-7-40(38)60(2,3)58)54-26-24-53(25-27-54)33-16-19-51(20-17-33)30-31-14-21-52(22-15-31)32-8-10-34(11-9-32)55-23-18-41(56)49-44(55)57/h4-13,28-29,31,33H,14-27,30H2,1-3H3,(H,49,56,57)(H2,46,47,48,50). The number of amides is 3. The monoisotopic (exact) mass is 854 g/mol. The molecule has 0 bridgehead atoms. The van der Waals surface area contributed by atoms with Crippen LogP contribution in [0.5, 0.6) is 5.75 Å². The maximum absolute atomic E-state index is 12.9. The molecule has 14 nitrogen and oxygen atoms in total. The molecule has 0 aliphatic carbocycles. The van der Waals surface area contributed by atoms with Crippen LogP contribution >= 0.6 is 18.7 Å². The number of carbonyl (C=O) groups is 2. The van der Waals surface area contributed by atoms with Crippen LogP contribution in [-0.2, 0) is 9.36 Å². The average Bonchev–Trinajstić information content (AvgIpc) is 3.25. The Morgan fingerprint density at radius 1 is 0.800 bits per heavy atom. The van der Waals surface area contributed by atoms with Crippen molar-refractivity contribution in [3.05, 3.63) is 77.9 Å². The minimum absolute atomic E-state index is 0.213. The third-order valence-corrected chi connectivity index (χ3v) is 14.2. The number of methoxy groups -OCH3 is 1. The number of hydrogen-bond donors (Lipinski definition) is 3. The molecular formula is C44H56ClN10O4P. The normalized spacial score (nSPS) is 19.0. The minimum atomic E-state index is -2.54. The topological polar surface area (TPSA) is 139 Å². The number of para-hydroxylation sites is 1. The number of nitrogens with one attached hydrogen (secondary N) is 3. The maximum atomic E-state index is 12.9. The lowest BCUT2D eigenvalue weighted by molar-refractivity contribution is -0.120. The SMILES string of the molecule is COc1cc(N2CCN(C3CCN(CC4CCN(c5ccc(N6CCC(=O)NC6=O)cc5)CC4)CC3)CC2)ccc1Nc1ncc(Cl)c(Nc2ccccc2P(C)(C)=O)n1. The molecule has 0 radical (unpaired) electrons. The first kappa shape index (κ1) is 41.8. The zero-order chi connectivity index (χ0) is 41.8. The molecule has 0 unspecified atom stereocenters. The van der Waals surface area contributed by atoms with Gasteiger partial charge in [-0.25, -0.2) is 9.78 Å². The van der Waals surface area contributed by atoms with Crippen molar-refractivity contribution in [1.82, 2.24) is 25.1 Å². The molecule has 4 aromatic rings. The molecule has 4 saturated heterocycles. The molecule has 5 heterocycles. The van der Waals surface area contributed by atoms with Crippen molar-refractivity contribution in [3.63, 3.8) is 0 Å². The second-order valence-electron chi connectivity index (χ2n) is 16.6. The van der Waals surface area contributed by atoms with Gasteiger partial charge in [0.05, 0.1) is 24.7 Å². The third kappa shape index (κ3) is 9.84. The third-order valence-electron chi connectivity index (χ3n) is 12.4. The number of urea groups is 1. The summed E-state index contributed by atoms with van der Waals surface area (Å²) in [6, 6.07) is 22.2. The minimum Gasteiger partial charge on any atom is -0.494 e. The fraction of sp³-hybridized carbons (Fsp3) is 0.455. The summed E-state index contributed by atoms with van der Waals surface area (Å²) in [6.07, 6.45) is 6.69. The summed E-state index contributed by atoms with van der Waals surface area (Å²) in [7, 11) is -0.867. The van der Waals surface area contributed by atoms with Gasteiger partial charge in [0.1, 0.15) is 17.9 Å². The number of likely N-dealkylation sites (tertiary alicyclic amines) is 1. The van der Waals surface area contributed by atoms with E-state index in [1.165, 1.54) is 37.9 Å². The average molecular weight is 855 g/mol. The number of ether oxygens (including phenoxy) is 1. The fourth-order valence-electron chi connectivity index (χ4n) is 9.00. The number of benzene rings is 3. The van der Waals surface area contributed by atoms with Crippen LogP contribution in [0.25, 0.3) is 0 Å². The first-order valence-corrected chi connectivity index (χ1v) is 24.1. The lowest BCUT2D eigenvalue weighted by Crippen LogP contribution is -2.53. The number of nitrogens with zero attached hydrogens (tertiary/aromatic N) is 7. The van der Waals surface area contributed by atoms with Crippen LogP contribution in [0.1, 0.15) is 32.1 Å². The summed E-state index contributed by atoms with van der Waals surface area (Å²) in [6.45, 7) is 13.5. The molecule has 16 heteroatoms. The van der Waals surface area contributed by atoms with Gasteiger partial charge < -0.3 is 34.6 Å². The van der Waals surface area contributed by atoms with Crippen molar-refractivity contribution in [1.29, 1.82) is 0 Å². The highest BCUT2D eigenvalue weighted by atomic mass is 35.5. The molecule has 0 spiro atoms. The van der Waals surface area contributed by atoms with Crippen LogP contribution in [0.15, 0.2) is 72.9 Å². The molecule has 1 aromatic heterocycles. The Kier molecular flexibility index (Phi) is 12.8. The van der Waals surface area contributed by atoms with Crippen molar-refractivity contribution < 1.29 is 18.9 Å². The van der Waals surface area contributed by atoms with E-state index in [1.54, 1.807) is 31.5 Å². The number of hydrogen-bond acceptors (Lipinski definition) is 12. The number of anilines is 7. The molecule has 8 rings (SSSR count). The number of imide groups is 1. The Morgan fingerprint density at radius 3 is 2.18 bits per heavy atom. The summed E-state index contributed by atoms with van der Waals surface area (Å²) in [5.41, 5.74) is 4.59. The van der Waals surface area contributed by atoms with E-state index in [0.717, 1.165) is 74.7 Å². The molecule has 3 aromatic carbocycles. The lowest BCUT2D eigenvalue weighted by atomic mass is 9.94. The van der Waals surface area contributed by atoms with Gasteiger partial charge in [0, 0.05) is 93.3 Å². The zero-order valence-electron chi connectivity index (χ0n) is 34.8. The molecule has 4 fully saturated rings. The maximum Gasteiger partial charge on any atom is 0.328 e. The van der Waals surface area contributed by atoms with Crippen LogP contribution < -0.4 is 40.7 Å². The lowest BCUT2D eigenvalue weighted by Gasteiger charge is -2.44. The summed E-state index contributed by atoms with van der Waals surface area (Å²) in [4.78, 5) is 44.7. The quantitative estimate of drug-likeness (QED) is 0.129. The van der Waals surface area contributed by atoms with Crippen molar-refractivity contribution in [2.45, 2.75) is 38.1 Å². The van der Waals surface area contributed by atoms with Gasteiger partial charge in [-0.3, -0.25) is 19.9 Å². The molecule has 4 aliphatic heterocycles. The van der Waals surface area contributed by atoms with Gasteiger partial charge in [0.15, 0.2) is 5.82 Å². The van der Waals surface area contributed by atoms with Crippen LogP contribution in [-0.4, -0.2) is 124 Å². The summed E-state index contributed by atoms with van der Waals surface area (Å²) in [5, 5.41) is 10.0. The fourth-order valence-corrected chi connectivity index (χ4v) is 10.3. The Hall–Kier alpha value is -4.88. The van der Waals surface area contributed by atoms with Crippen molar-refractivity contribution in [3.8, 4) is 5.75 Å².